The smallest absolute Gasteiger partial charge is 0.111 e. The molecule has 3 rings (SSSR count). The van der Waals surface area contributed by atoms with Crippen molar-refractivity contribution in [2.24, 2.45) is 5.73 Å². The van der Waals surface area contributed by atoms with Crippen molar-refractivity contribution in [2.45, 2.75) is 32.4 Å². The molecule has 3 aromatic rings. The minimum absolute atomic E-state index is 0.00582. The van der Waals surface area contributed by atoms with Crippen LogP contribution in [0.1, 0.15) is 30.1 Å². The van der Waals surface area contributed by atoms with Crippen LogP contribution in [-0.4, -0.2) is 9.55 Å². The second-order valence-electron chi connectivity index (χ2n) is 5.15. The van der Waals surface area contributed by atoms with Gasteiger partial charge in [0, 0.05) is 33.7 Å². The van der Waals surface area contributed by atoms with E-state index in [1.54, 1.807) is 11.3 Å². The van der Waals surface area contributed by atoms with Gasteiger partial charge in [0.1, 0.15) is 5.82 Å². The Morgan fingerprint density at radius 2 is 2.19 bits per heavy atom. The predicted molar refractivity (Wildman–Crippen MR) is 92.7 cm³/mol. The molecule has 0 aliphatic heterocycles. The Kier molecular flexibility index (Phi) is 4.42. The first-order valence-corrected chi connectivity index (χ1v) is 8.80. The number of halogens is 1. The van der Waals surface area contributed by atoms with Gasteiger partial charge in [-0.1, -0.05) is 19.1 Å². The van der Waals surface area contributed by atoms with E-state index in [-0.39, 0.29) is 6.04 Å². The maximum atomic E-state index is 6.36. The molecular formula is C16H18BrN3S. The summed E-state index contributed by atoms with van der Waals surface area (Å²) in [5.41, 5.74) is 8.62. The Morgan fingerprint density at radius 3 is 2.90 bits per heavy atom. The summed E-state index contributed by atoms with van der Waals surface area (Å²) in [5.74, 6) is 1.08. The second-order valence-corrected chi connectivity index (χ2v) is 7.00. The summed E-state index contributed by atoms with van der Waals surface area (Å²) in [7, 11) is 0. The van der Waals surface area contributed by atoms with E-state index in [2.05, 4.69) is 57.1 Å². The zero-order valence-corrected chi connectivity index (χ0v) is 14.3. The molecule has 1 aromatic carbocycles. The second kappa shape index (κ2) is 6.30. The normalized spacial score (nSPS) is 12.9. The molecule has 2 N–H and O–H groups in total. The fraction of sp³-hybridized carbons (Fsp3) is 0.312. The maximum absolute atomic E-state index is 6.36. The number of aryl methyl sites for hydroxylation is 1. The van der Waals surface area contributed by atoms with Crippen LogP contribution in [0.5, 0.6) is 0 Å². The summed E-state index contributed by atoms with van der Waals surface area (Å²) in [6.45, 7) is 3.17. The van der Waals surface area contributed by atoms with E-state index in [0.29, 0.717) is 0 Å². The van der Waals surface area contributed by atoms with Gasteiger partial charge in [0.15, 0.2) is 0 Å². The molecule has 0 fully saturated rings. The Hall–Kier alpha value is -1.17. The highest BCUT2D eigenvalue weighted by Crippen LogP contribution is 2.27. The summed E-state index contributed by atoms with van der Waals surface area (Å²) in [5, 5.41) is 2.07. The number of rotatable bonds is 5. The molecule has 110 valence electrons. The van der Waals surface area contributed by atoms with Crippen molar-refractivity contribution in [2.75, 3.05) is 0 Å². The Balaban J connectivity index is 1.94. The van der Waals surface area contributed by atoms with Crippen LogP contribution in [0.4, 0.5) is 0 Å². The summed E-state index contributed by atoms with van der Waals surface area (Å²) in [6.07, 6.45) is 1.86. The molecule has 1 atom stereocenters. The number of nitrogens with zero attached hydrogens (tertiary/aromatic N) is 2. The van der Waals surface area contributed by atoms with Crippen molar-refractivity contribution < 1.29 is 0 Å². The summed E-state index contributed by atoms with van der Waals surface area (Å²) < 4.78 is 3.40. The third-order valence-electron chi connectivity index (χ3n) is 3.54. The molecule has 2 heterocycles. The number of nitrogens with two attached hydrogens (primary N) is 1. The van der Waals surface area contributed by atoms with Crippen molar-refractivity contribution in [3.8, 4) is 0 Å². The molecule has 0 spiro atoms. The van der Waals surface area contributed by atoms with Crippen LogP contribution in [0.15, 0.2) is 40.2 Å². The minimum Gasteiger partial charge on any atom is -0.328 e. The van der Waals surface area contributed by atoms with E-state index >= 15 is 0 Å². The summed E-state index contributed by atoms with van der Waals surface area (Å²) in [6, 6.07) is 10.4. The van der Waals surface area contributed by atoms with Crippen LogP contribution in [0.3, 0.4) is 0 Å². The molecule has 5 heteroatoms. The lowest BCUT2D eigenvalue weighted by molar-refractivity contribution is 0.614. The average molecular weight is 364 g/mol. The number of aromatic nitrogens is 2. The van der Waals surface area contributed by atoms with Gasteiger partial charge in [0.25, 0.3) is 0 Å². The van der Waals surface area contributed by atoms with Gasteiger partial charge in [-0.05, 0) is 40.5 Å². The van der Waals surface area contributed by atoms with Gasteiger partial charge in [-0.25, -0.2) is 4.98 Å². The Morgan fingerprint density at radius 1 is 1.38 bits per heavy atom. The summed E-state index contributed by atoms with van der Waals surface area (Å²) in [4.78, 5) is 5.97. The van der Waals surface area contributed by atoms with Gasteiger partial charge in [0.05, 0.1) is 11.0 Å². The van der Waals surface area contributed by atoms with E-state index < -0.39 is 0 Å². The topological polar surface area (TPSA) is 43.8 Å². The first kappa shape index (κ1) is 14.8. The fourth-order valence-corrected chi connectivity index (χ4v) is 4.02. The lowest BCUT2D eigenvalue weighted by Gasteiger charge is -2.12. The third kappa shape index (κ3) is 3.05. The molecule has 0 aliphatic rings. The van der Waals surface area contributed by atoms with Crippen molar-refractivity contribution >= 4 is 38.3 Å². The molecule has 0 saturated carbocycles. The van der Waals surface area contributed by atoms with E-state index in [1.807, 2.05) is 6.07 Å². The number of thiophene rings is 1. The van der Waals surface area contributed by atoms with Crippen molar-refractivity contribution in [3.05, 3.63) is 50.9 Å². The van der Waals surface area contributed by atoms with Crippen LogP contribution in [0, 0.1) is 0 Å². The van der Waals surface area contributed by atoms with Gasteiger partial charge >= 0.3 is 0 Å². The van der Waals surface area contributed by atoms with Gasteiger partial charge < -0.3 is 10.3 Å². The molecule has 0 saturated heterocycles. The number of fused-ring (bicyclic) bond motifs is 1. The number of benzene rings is 1. The SMILES string of the molecule is CCCn1c(CC(N)c2cc(Br)cs2)nc2ccccc21. The molecule has 0 radical (unpaired) electrons. The van der Waals surface area contributed by atoms with Gasteiger partial charge in [-0.2, -0.15) is 0 Å². The van der Waals surface area contributed by atoms with Gasteiger partial charge in [0.2, 0.25) is 0 Å². The Bertz CT molecular complexity index is 747. The predicted octanol–water partition coefficient (Wildman–Crippen LogP) is 4.51. The van der Waals surface area contributed by atoms with E-state index in [1.165, 1.54) is 10.4 Å². The number of hydrogen-bond donors (Lipinski definition) is 1. The highest BCUT2D eigenvalue weighted by molar-refractivity contribution is 9.10. The highest BCUT2D eigenvalue weighted by Gasteiger charge is 2.15. The molecule has 3 nitrogen and oxygen atoms in total. The van der Waals surface area contributed by atoms with Crippen LogP contribution in [-0.2, 0) is 13.0 Å². The molecule has 0 bridgehead atoms. The van der Waals surface area contributed by atoms with Crippen LogP contribution in [0.25, 0.3) is 11.0 Å². The lowest BCUT2D eigenvalue weighted by Crippen LogP contribution is -2.15. The lowest BCUT2D eigenvalue weighted by atomic mass is 10.2. The number of para-hydroxylation sites is 2. The fourth-order valence-electron chi connectivity index (χ4n) is 2.57. The first-order valence-electron chi connectivity index (χ1n) is 7.12. The monoisotopic (exact) mass is 363 g/mol. The largest absolute Gasteiger partial charge is 0.328 e. The van der Waals surface area contributed by atoms with E-state index in [4.69, 9.17) is 10.7 Å². The van der Waals surface area contributed by atoms with Crippen molar-refractivity contribution in [1.82, 2.24) is 9.55 Å². The standard InChI is InChI=1S/C16H18BrN3S/c1-2-7-20-14-6-4-3-5-13(14)19-16(20)9-12(18)15-8-11(17)10-21-15/h3-6,8,10,12H,2,7,9,18H2,1H3. The molecule has 0 amide bonds. The van der Waals surface area contributed by atoms with Crippen LogP contribution in [0.2, 0.25) is 0 Å². The maximum Gasteiger partial charge on any atom is 0.111 e. The average Bonchev–Trinajstić information content (AvgIpc) is 3.04. The van der Waals surface area contributed by atoms with Crippen LogP contribution < -0.4 is 5.73 Å². The van der Waals surface area contributed by atoms with Gasteiger partial charge in [-0.15, -0.1) is 11.3 Å². The quantitative estimate of drug-likeness (QED) is 0.724. The molecule has 2 aromatic heterocycles. The van der Waals surface area contributed by atoms with E-state index in [0.717, 1.165) is 35.2 Å². The zero-order chi connectivity index (χ0) is 14.8. The first-order chi connectivity index (χ1) is 10.2. The minimum atomic E-state index is -0.00582. The molecule has 21 heavy (non-hydrogen) atoms. The van der Waals surface area contributed by atoms with Crippen molar-refractivity contribution in [1.29, 1.82) is 0 Å². The summed E-state index contributed by atoms with van der Waals surface area (Å²) >= 11 is 5.18. The zero-order valence-electron chi connectivity index (χ0n) is 11.9. The molecule has 0 aliphatic carbocycles. The van der Waals surface area contributed by atoms with Gasteiger partial charge in [-0.3, -0.25) is 0 Å². The highest BCUT2D eigenvalue weighted by atomic mass is 79.9. The molecule has 1 unspecified atom stereocenters. The van der Waals surface area contributed by atoms with Crippen LogP contribution >= 0.6 is 27.3 Å². The Labute approximate surface area is 136 Å². The van der Waals surface area contributed by atoms with Crippen molar-refractivity contribution in [3.63, 3.8) is 0 Å². The number of imidazole rings is 1. The van der Waals surface area contributed by atoms with E-state index in [9.17, 15) is 0 Å². The number of hydrogen-bond acceptors (Lipinski definition) is 3. The molecular weight excluding hydrogens is 346 g/mol. The third-order valence-corrected chi connectivity index (χ3v) is 5.36.